The van der Waals surface area contributed by atoms with Gasteiger partial charge in [-0.25, -0.2) is 18.4 Å². The second-order valence-corrected chi connectivity index (χ2v) is 5.19. The third-order valence-electron chi connectivity index (χ3n) is 3.54. The largest absolute Gasteiger partial charge is 0.386 e. The van der Waals surface area contributed by atoms with Crippen LogP contribution in [0.4, 0.5) is 8.78 Å². The molecule has 25 heavy (non-hydrogen) atoms. The molecule has 0 aliphatic rings. The van der Waals surface area contributed by atoms with E-state index < -0.39 is 29.2 Å². The lowest BCUT2D eigenvalue weighted by atomic mass is 10.1. The average Bonchev–Trinajstić information content (AvgIpc) is 3.14. The summed E-state index contributed by atoms with van der Waals surface area (Å²) >= 11 is 0. The number of rotatable bonds is 5. The Hall–Kier alpha value is -3.13. The van der Waals surface area contributed by atoms with Crippen LogP contribution in [0.1, 0.15) is 22.0 Å². The number of aromatic nitrogens is 3. The van der Waals surface area contributed by atoms with Crippen LogP contribution in [0.25, 0.3) is 5.82 Å². The lowest BCUT2D eigenvalue weighted by Gasteiger charge is -2.14. The number of halogens is 2. The Bertz CT molecular complexity index is 864. The zero-order valence-electron chi connectivity index (χ0n) is 12.9. The van der Waals surface area contributed by atoms with Crippen LogP contribution in [0.5, 0.6) is 0 Å². The monoisotopic (exact) mass is 344 g/mol. The molecule has 0 bridgehead atoms. The van der Waals surface area contributed by atoms with Gasteiger partial charge in [0.05, 0.1) is 11.1 Å². The molecular formula is C17H14F2N4O2. The molecular weight excluding hydrogens is 330 g/mol. The van der Waals surface area contributed by atoms with Crippen molar-refractivity contribution in [3.05, 3.63) is 77.8 Å². The van der Waals surface area contributed by atoms with E-state index >= 15 is 0 Å². The standard InChI is InChI=1S/C17H14F2N4O2/c18-12-5-1-6-13(19)15(12)14(24)10-21-17(25)11-4-2-7-20-16(11)23-9-3-8-22-23/h1-9,14,24H,10H2,(H,21,25). The number of pyridine rings is 1. The van der Waals surface area contributed by atoms with Crippen molar-refractivity contribution in [1.29, 1.82) is 0 Å². The van der Waals surface area contributed by atoms with Crippen molar-refractivity contribution >= 4 is 5.91 Å². The van der Waals surface area contributed by atoms with Crippen LogP contribution in [-0.4, -0.2) is 32.3 Å². The molecule has 1 atom stereocenters. The summed E-state index contributed by atoms with van der Waals surface area (Å²) in [5.74, 6) is -1.99. The number of hydrogen-bond donors (Lipinski definition) is 2. The second kappa shape index (κ2) is 7.18. The number of aliphatic hydroxyl groups excluding tert-OH is 1. The van der Waals surface area contributed by atoms with Crippen molar-refractivity contribution in [2.45, 2.75) is 6.10 Å². The molecule has 1 unspecified atom stereocenters. The number of amides is 1. The summed E-state index contributed by atoms with van der Waals surface area (Å²) in [7, 11) is 0. The summed E-state index contributed by atoms with van der Waals surface area (Å²) in [5, 5.41) is 16.5. The predicted molar refractivity (Wildman–Crippen MR) is 85.0 cm³/mol. The highest BCUT2D eigenvalue weighted by molar-refractivity contribution is 5.97. The van der Waals surface area contributed by atoms with Crippen LogP contribution in [0.3, 0.4) is 0 Å². The van der Waals surface area contributed by atoms with Gasteiger partial charge < -0.3 is 10.4 Å². The molecule has 0 aliphatic heterocycles. The number of benzene rings is 1. The molecule has 1 aromatic carbocycles. The minimum absolute atomic E-state index is 0.215. The summed E-state index contributed by atoms with van der Waals surface area (Å²) in [4.78, 5) is 16.5. The fourth-order valence-corrected chi connectivity index (χ4v) is 2.37. The van der Waals surface area contributed by atoms with E-state index in [1.807, 2.05) is 0 Å². The van der Waals surface area contributed by atoms with E-state index in [0.717, 1.165) is 12.1 Å². The molecule has 1 amide bonds. The van der Waals surface area contributed by atoms with Crippen molar-refractivity contribution in [2.24, 2.45) is 0 Å². The van der Waals surface area contributed by atoms with Gasteiger partial charge in [0.2, 0.25) is 0 Å². The fraction of sp³-hybridized carbons (Fsp3) is 0.118. The molecule has 2 N–H and O–H groups in total. The maximum Gasteiger partial charge on any atom is 0.255 e. The van der Waals surface area contributed by atoms with Crippen molar-refractivity contribution in [2.75, 3.05) is 6.54 Å². The molecule has 0 spiro atoms. The number of nitrogens with one attached hydrogen (secondary N) is 1. The van der Waals surface area contributed by atoms with Gasteiger partial charge >= 0.3 is 0 Å². The Morgan fingerprint density at radius 3 is 2.60 bits per heavy atom. The van der Waals surface area contributed by atoms with Crippen molar-refractivity contribution in [3.8, 4) is 5.82 Å². The van der Waals surface area contributed by atoms with Gasteiger partial charge in [0.25, 0.3) is 5.91 Å². The highest BCUT2D eigenvalue weighted by Crippen LogP contribution is 2.20. The van der Waals surface area contributed by atoms with Gasteiger partial charge in [-0.1, -0.05) is 6.07 Å². The molecule has 0 saturated carbocycles. The van der Waals surface area contributed by atoms with E-state index in [1.165, 1.54) is 23.0 Å². The van der Waals surface area contributed by atoms with E-state index in [1.54, 1.807) is 24.5 Å². The number of carbonyl (C=O) groups excluding carboxylic acids is 1. The molecule has 0 radical (unpaired) electrons. The van der Waals surface area contributed by atoms with E-state index in [-0.39, 0.29) is 12.1 Å². The summed E-state index contributed by atoms with van der Waals surface area (Å²) in [6.07, 6.45) is 3.16. The van der Waals surface area contributed by atoms with Gasteiger partial charge in [0.1, 0.15) is 17.7 Å². The normalized spacial score (nSPS) is 12.0. The van der Waals surface area contributed by atoms with Crippen LogP contribution >= 0.6 is 0 Å². The van der Waals surface area contributed by atoms with Gasteiger partial charge in [-0.05, 0) is 30.3 Å². The van der Waals surface area contributed by atoms with Gasteiger partial charge in [0, 0.05) is 25.1 Å². The van der Waals surface area contributed by atoms with Gasteiger partial charge in [-0.2, -0.15) is 5.10 Å². The highest BCUT2D eigenvalue weighted by atomic mass is 19.1. The van der Waals surface area contributed by atoms with Crippen LogP contribution in [-0.2, 0) is 0 Å². The van der Waals surface area contributed by atoms with E-state index in [9.17, 15) is 18.7 Å². The number of aliphatic hydroxyl groups is 1. The SMILES string of the molecule is O=C(NCC(O)c1c(F)cccc1F)c1cccnc1-n1cccn1. The van der Waals surface area contributed by atoms with Crippen LogP contribution in [0, 0.1) is 11.6 Å². The number of nitrogens with zero attached hydrogens (tertiary/aromatic N) is 3. The first-order chi connectivity index (χ1) is 12.1. The molecule has 3 aromatic rings. The first-order valence-electron chi connectivity index (χ1n) is 7.43. The zero-order valence-corrected chi connectivity index (χ0v) is 12.9. The predicted octanol–water partition coefficient (Wildman–Crippen LogP) is 2.01. The Morgan fingerprint density at radius 2 is 1.92 bits per heavy atom. The molecule has 6 nitrogen and oxygen atoms in total. The van der Waals surface area contributed by atoms with Crippen LogP contribution in [0.15, 0.2) is 55.0 Å². The Balaban J connectivity index is 1.76. The molecule has 3 rings (SSSR count). The van der Waals surface area contributed by atoms with E-state index in [2.05, 4.69) is 15.4 Å². The number of hydrogen-bond acceptors (Lipinski definition) is 4. The molecule has 2 heterocycles. The summed E-state index contributed by atoms with van der Waals surface area (Å²) in [5.41, 5.74) is -0.270. The molecule has 0 fully saturated rings. The Morgan fingerprint density at radius 1 is 1.16 bits per heavy atom. The number of carbonyl (C=O) groups is 1. The maximum absolute atomic E-state index is 13.7. The lowest BCUT2D eigenvalue weighted by Crippen LogP contribution is -2.30. The van der Waals surface area contributed by atoms with Crippen LogP contribution < -0.4 is 5.32 Å². The van der Waals surface area contributed by atoms with Gasteiger partial charge in [-0.15, -0.1) is 0 Å². The van der Waals surface area contributed by atoms with Gasteiger partial charge in [-0.3, -0.25) is 4.79 Å². The smallest absolute Gasteiger partial charge is 0.255 e. The van der Waals surface area contributed by atoms with Gasteiger partial charge in [0.15, 0.2) is 5.82 Å². The van der Waals surface area contributed by atoms with Crippen molar-refractivity contribution in [3.63, 3.8) is 0 Å². The minimum atomic E-state index is -1.52. The highest BCUT2D eigenvalue weighted by Gasteiger charge is 2.20. The Kier molecular flexibility index (Phi) is 4.80. The molecule has 8 heteroatoms. The molecule has 0 saturated heterocycles. The fourth-order valence-electron chi connectivity index (χ4n) is 2.37. The zero-order chi connectivity index (χ0) is 17.8. The quantitative estimate of drug-likeness (QED) is 0.742. The second-order valence-electron chi connectivity index (χ2n) is 5.19. The third-order valence-corrected chi connectivity index (χ3v) is 3.54. The first-order valence-corrected chi connectivity index (χ1v) is 7.43. The van der Waals surface area contributed by atoms with Crippen molar-refractivity contribution < 1.29 is 18.7 Å². The van der Waals surface area contributed by atoms with E-state index in [0.29, 0.717) is 5.82 Å². The molecule has 2 aromatic heterocycles. The Labute approximate surface area is 141 Å². The van der Waals surface area contributed by atoms with Crippen LogP contribution in [0.2, 0.25) is 0 Å². The maximum atomic E-state index is 13.7. The average molecular weight is 344 g/mol. The summed E-state index contributed by atoms with van der Waals surface area (Å²) < 4.78 is 28.7. The lowest BCUT2D eigenvalue weighted by molar-refractivity contribution is 0.0911. The first kappa shape index (κ1) is 16.7. The summed E-state index contributed by atoms with van der Waals surface area (Å²) in [6, 6.07) is 8.08. The molecule has 0 aliphatic carbocycles. The van der Waals surface area contributed by atoms with Crippen molar-refractivity contribution in [1.82, 2.24) is 20.1 Å². The van der Waals surface area contributed by atoms with E-state index in [4.69, 9.17) is 0 Å². The topological polar surface area (TPSA) is 80.0 Å². The summed E-state index contributed by atoms with van der Waals surface area (Å²) in [6.45, 7) is -0.357. The minimum Gasteiger partial charge on any atom is -0.386 e. The third kappa shape index (κ3) is 3.53. The molecule has 128 valence electrons.